The average Bonchev–Trinajstić information content (AvgIpc) is 2.67. The third-order valence-corrected chi connectivity index (χ3v) is 5.06. The molecule has 1 amide bonds. The molecule has 156 valence electrons. The Morgan fingerprint density at radius 3 is 2.34 bits per heavy atom. The van der Waals surface area contributed by atoms with Gasteiger partial charge in [-0.3, -0.25) is 4.79 Å². The Morgan fingerprint density at radius 1 is 1.14 bits per heavy atom. The Hall–Kier alpha value is -2.78. The van der Waals surface area contributed by atoms with Crippen LogP contribution in [0.25, 0.3) is 0 Å². The number of halogens is 1. The number of sulfone groups is 1. The SMILES string of the molecule is CCOc1c(Cl)cc(C(=O)OCC(=O)Nc2ccc(S(C)(=O)=O)cc2)cc1OC. The van der Waals surface area contributed by atoms with Gasteiger partial charge in [0.05, 0.1) is 29.2 Å². The van der Waals surface area contributed by atoms with Crippen molar-refractivity contribution in [3.8, 4) is 11.5 Å². The second-order valence-corrected chi connectivity index (χ2v) is 8.27. The largest absolute Gasteiger partial charge is 0.493 e. The summed E-state index contributed by atoms with van der Waals surface area (Å²) in [5.41, 5.74) is 0.463. The summed E-state index contributed by atoms with van der Waals surface area (Å²) >= 11 is 6.12. The van der Waals surface area contributed by atoms with Gasteiger partial charge in [-0.2, -0.15) is 0 Å². The van der Waals surface area contributed by atoms with Gasteiger partial charge in [-0.25, -0.2) is 13.2 Å². The van der Waals surface area contributed by atoms with Gasteiger partial charge in [0.25, 0.3) is 5.91 Å². The smallest absolute Gasteiger partial charge is 0.338 e. The first-order chi connectivity index (χ1) is 13.7. The van der Waals surface area contributed by atoms with Gasteiger partial charge in [-0.05, 0) is 43.3 Å². The van der Waals surface area contributed by atoms with Crippen LogP contribution in [0.1, 0.15) is 17.3 Å². The van der Waals surface area contributed by atoms with Crippen molar-refractivity contribution in [1.29, 1.82) is 0 Å². The fourth-order valence-corrected chi connectivity index (χ4v) is 3.21. The lowest BCUT2D eigenvalue weighted by atomic mass is 10.2. The van der Waals surface area contributed by atoms with Gasteiger partial charge in [0.1, 0.15) is 0 Å². The van der Waals surface area contributed by atoms with Crippen molar-refractivity contribution in [2.45, 2.75) is 11.8 Å². The summed E-state index contributed by atoms with van der Waals surface area (Å²) in [5, 5.41) is 2.68. The molecular weight excluding hydrogens is 422 g/mol. The van der Waals surface area contributed by atoms with Crippen molar-refractivity contribution in [3.63, 3.8) is 0 Å². The first kappa shape index (κ1) is 22.5. The molecule has 0 atom stereocenters. The minimum absolute atomic E-state index is 0.0978. The Labute approximate surface area is 173 Å². The molecule has 0 aromatic heterocycles. The first-order valence-electron chi connectivity index (χ1n) is 8.43. The molecule has 0 radical (unpaired) electrons. The molecule has 0 unspecified atom stereocenters. The van der Waals surface area contributed by atoms with E-state index in [-0.39, 0.29) is 21.2 Å². The van der Waals surface area contributed by atoms with Crippen molar-refractivity contribution in [3.05, 3.63) is 47.0 Å². The number of rotatable bonds is 8. The number of carbonyl (C=O) groups excluding carboxylic acids is 2. The summed E-state index contributed by atoms with van der Waals surface area (Å²) in [6, 6.07) is 8.37. The molecule has 1 N–H and O–H groups in total. The Bertz CT molecular complexity index is 1000. The summed E-state index contributed by atoms with van der Waals surface area (Å²) in [4.78, 5) is 24.3. The number of hydrogen-bond donors (Lipinski definition) is 1. The molecule has 0 saturated carbocycles. The predicted molar refractivity (Wildman–Crippen MR) is 108 cm³/mol. The summed E-state index contributed by atoms with van der Waals surface area (Å²) in [6.07, 6.45) is 1.09. The minimum atomic E-state index is -3.33. The number of methoxy groups -OCH3 is 1. The number of hydrogen-bond acceptors (Lipinski definition) is 7. The standard InChI is InChI=1S/C19H20ClNO7S/c1-4-27-18-15(20)9-12(10-16(18)26-2)19(23)28-11-17(22)21-13-5-7-14(8-6-13)29(3,24)25/h5-10H,4,11H2,1-3H3,(H,21,22). The van der Waals surface area contributed by atoms with Crippen LogP contribution in [0.4, 0.5) is 5.69 Å². The normalized spacial score (nSPS) is 10.9. The van der Waals surface area contributed by atoms with E-state index in [9.17, 15) is 18.0 Å². The molecule has 0 fully saturated rings. The highest BCUT2D eigenvalue weighted by molar-refractivity contribution is 7.90. The quantitative estimate of drug-likeness (QED) is 0.627. The van der Waals surface area contributed by atoms with E-state index in [2.05, 4.69) is 5.32 Å². The van der Waals surface area contributed by atoms with E-state index in [1.165, 1.54) is 43.5 Å². The minimum Gasteiger partial charge on any atom is -0.493 e. The topological polar surface area (TPSA) is 108 Å². The molecule has 0 aliphatic heterocycles. The van der Waals surface area contributed by atoms with Gasteiger partial charge < -0.3 is 19.5 Å². The molecule has 0 aliphatic carbocycles. The molecule has 0 bridgehead atoms. The van der Waals surface area contributed by atoms with E-state index < -0.39 is 28.3 Å². The number of benzene rings is 2. The lowest BCUT2D eigenvalue weighted by molar-refractivity contribution is -0.119. The van der Waals surface area contributed by atoms with Crippen LogP contribution in [0, 0.1) is 0 Å². The van der Waals surface area contributed by atoms with Gasteiger partial charge in [0.2, 0.25) is 0 Å². The summed E-state index contributed by atoms with van der Waals surface area (Å²) < 4.78 is 38.4. The second kappa shape index (κ2) is 9.62. The predicted octanol–water partition coefficient (Wildman–Crippen LogP) is 2.95. The Kier molecular flexibility index (Phi) is 7.46. The molecule has 2 rings (SSSR count). The maximum Gasteiger partial charge on any atom is 0.338 e. The zero-order valence-electron chi connectivity index (χ0n) is 16.0. The summed E-state index contributed by atoms with van der Waals surface area (Å²) in [7, 11) is -1.92. The van der Waals surface area contributed by atoms with Crippen LogP contribution in [-0.4, -0.2) is 46.9 Å². The third kappa shape index (κ3) is 6.10. The van der Waals surface area contributed by atoms with Crippen LogP contribution >= 0.6 is 11.6 Å². The van der Waals surface area contributed by atoms with E-state index in [0.29, 0.717) is 18.0 Å². The van der Waals surface area contributed by atoms with Crippen LogP contribution in [0.15, 0.2) is 41.3 Å². The van der Waals surface area contributed by atoms with E-state index in [1.807, 2.05) is 0 Å². The number of anilines is 1. The van der Waals surface area contributed by atoms with Crippen LogP contribution in [0.2, 0.25) is 5.02 Å². The molecule has 0 heterocycles. The second-order valence-electron chi connectivity index (χ2n) is 5.84. The third-order valence-electron chi connectivity index (χ3n) is 3.65. The fraction of sp³-hybridized carbons (Fsp3) is 0.263. The fourth-order valence-electron chi connectivity index (χ4n) is 2.32. The number of nitrogens with one attached hydrogen (secondary N) is 1. The average molecular weight is 442 g/mol. The highest BCUT2D eigenvalue weighted by Gasteiger charge is 2.17. The van der Waals surface area contributed by atoms with Gasteiger partial charge in [0, 0.05) is 11.9 Å². The molecule has 2 aromatic carbocycles. The van der Waals surface area contributed by atoms with Crippen LogP contribution in [0.3, 0.4) is 0 Å². The van der Waals surface area contributed by atoms with Crippen LogP contribution in [0.5, 0.6) is 11.5 Å². The van der Waals surface area contributed by atoms with Crippen molar-refractivity contribution in [1.82, 2.24) is 0 Å². The lowest BCUT2D eigenvalue weighted by Gasteiger charge is -2.13. The number of carbonyl (C=O) groups is 2. The number of amides is 1. The number of esters is 1. The molecular formula is C19H20ClNO7S. The summed E-state index contributed by atoms with van der Waals surface area (Å²) in [5.74, 6) is -0.782. The first-order valence-corrected chi connectivity index (χ1v) is 10.7. The molecule has 29 heavy (non-hydrogen) atoms. The Morgan fingerprint density at radius 2 is 1.79 bits per heavy atom. The number of ether oxygens (including phenoxy) is 3. The van der Waals surface area contributed by atoms with Gasteiger partial charge >= 0.3 is 5.97 Å². The molecule has 0 saturated heterocycles. The maximum absolute atomic E-state index is 12.2. The van der Waals surface area contributed by atoms with Crippen molar-refractivity contribution in [2.75, 3.05) is 31.9 Å². The lowest BCUT2D eigenvalue weighted by Crippen LogP contribution is -2.21. The van der Waals surface area contributed by atoms with Crippen molar-refractivity contribution >= 4 is 39.0 Å². The van der Waals surface area contributed by atoms with Gasteiger partial charge in [-0.1, -0.05) is 11.6 Å². The zero-order valence-corrected chi connectivity index (χ0v) is 17.6. The molecule has 8 nitrogen and oxygen atoms in total. The van der Waals surface area contributed by atoms with Gasteiger partial charge in [-0.15, -0.1) is 0 Å². The molecule has 2 aromatic rings. The van der Waals surface area contributed by atoms with Crippen LogP contribution in [-0.2, 0) is 19.4 Å². The van der Waals surface area contributed by atoms with E-state index in [4.69, 9.17) is 25.8 Å². The molecule has 0 spiro atoms. The van der Waals surface area contributed by atoms with E-state index in [0.717, 1.165) is 6.26 Å². The highest BCUT2D eigenvalue weighted by atomic mass is 35.5. The monoisotopic (exact) mass is 441 g/mol. The maximum atomic E-state index is 12.2. The zero-order chi connectivity index (χ0) is 21.6. The van der Waals surface area contributed by atoms with Gasteiger partial charge in [0.15, 0.2) is 27.9 Å². The summed E-state index contributed by atoms with van der Waals surface area (Å²) in [6.45, 7) is 1.61. The van der Waals surface area contributed by atoms with E-state index >= 15 is 0 Å². The van der Waals surface area contributed by atoms with Crippen LogP contribution < -0.4 is 14.8 Å². The van der Waals surface area contributed by atoms with Crippen molar-refractivity contribution in [2.24, 2.45) is 0 Å². The van der Waals surface area contributed by atoms with E-state index in [1.54, 1.807) is 6.92 Å². The Balaban J connectivity index is 2.00. The highest BCUT2D eigenvalue weighted by Crippen LogP contribution is 2.36. The molecule has 10 heteroatoms. The molecule has 0 aliphatic rings. The van der Waals surface area contributed by atoms with Crippen molar-refractivity contribution < 1.29 is 32.2 Å².